The lowest BCUT2D eigenvalue weighted by molar-refractivity contribution is -0.143. The summed E-state index contributed by atoms with van der Waals surface area (Å²) in [5, 5.41) is 18.7. The average molecular weight is 282 g/mol. The SMILES string of the molecule is CC(C(=O)O)N1CCN(Cc2cc(F)ccc2O)CC1. The van der Waals surface area contributed by atoms with Crippen LogP contribution in [0.1, 0.15) is 12.5 Å². The molecule has 6 heteroatoms. The number of nitrogens with zero attached hydrogens (tertiary/aromatic N) is 2. The molecule has 1 aromatic rings. The fraction of sp³-hybridized carbons (Fsp3) is 0.500. The minimum atomic E-state index is -0.818. The zero-order valence-corrected chi connectivity index (χ0v) is 11.4. The van der Waals surface area contributed by atoms with Gasteiger partial charge in [-0.3, -0.25) is 14.6 Å². The molecular formula is C14H19FN2O3. The molecule has 0 radical (unpaired) electrons. The number of hydrogen-bond acceptors (Lipinski definition) is 4. The molecule has 0 saturated carbocycles. The van der Waals surface area contributed by atoms with Crippen LogP contribution in [0, 0.1) is 5.82 Å². The lowest BCUT2D eigenvalue weighted by atomic mass is 10.1. The summed E-state index contributed by atoms with van der Waals surface area (Å²) in [6, 6.07) is 3.43. The van der Waals surface area contributed by atoms with Gasteiger partial charge in [-0.25, -0.2) is 4.39 Å². The fourth-order valence-corrected chi connectivity index (χ4v) is 2.39. The standard InChI is InChI=1S/C14H19FN2O3/c1-10(14(19)20)17-6-4-16(5-7-17)9-11-8-12(15)2-3-13(11)18/h2-3,8,10,18H,4-7,9H2,1H3,(H,19,20). The fourth-order valence-electron chi connectivity index (χ4n) is 2.39. The molecule has 110 valence electrons. The van der Waals surface area contributed by atoms with Crippen molar-refractivity contribution in [2.75, 3.05) is 26.2 Å². The predicted octanol–water partition coefficient (Wildman–Crippen LogP) is 1.12. The molecule has 0 bridgehead atoms. The van der Waals surface area contributed by atoms with Gasteiger partial charge in [0.25, 0.3) is 0 Å². The van der Waals surface area contributed by atoms with E-state index in [0.717, 1.165) is 0 Å². The number of hydrogen-bond donors (Lipinski definition) is 2. The third-order valence-electron chi connectivity index (χ3n) is 3.75. The Morgan fingerprint density at radius 1 is 1.35 bits per heavy atom. The number of carboxylic acids is 1. The first-order valence-electron chi connectivity index (χ1n) is 6.64. The van der Waals surface area contributed by atoms with E-state index in [1.54, 1.807) is 6.92 Å². The zero-order chi connectivity index (χ0) is 14.7. The van der Waals surface area contributed by atoms with Gasteiger partial charge in [0.1, 0.15) is 17.6 Å². The van der Waals surface area contributed by atoms with E-state index < -0.39 is 12.0 Å². The van der Waals surface area contributed by atoms with Crippen LogP contribution in [0.25, 0.3) is 0 Å². The van der Waals surface area contributed by atoms with Gasteiger partial charge in [-0.1, -0.05) is 0 Å². The lowest BCUT2D eigenvalue weighted by Gasteiger charge is -2.36. The number of carboxylic acid groups (broad SMARTS) is 1. The van der Waals surface area contributed by atoms with Gasteiger partial charge in [-0.15, -0.1) is 0 Å². The smallest absolute Gasteiger partial charge is 0.320 e. The van der Waals surface area contributed by atoms with Crippen molar-refractivity contribution in [2.24, 2.45) is 0 Å². The van der Waals surface area contributed by atoms with Crippen molar-refractivity contribution >= 4 is 5.97 Å². The number of carbonyl (C=O) groups is 1. The van der Waals surface area contributed by atoms with Crippen molar-refractivity contribution in [2.45, 2.75) is 19.5 Å². The topological polar surface area (TPSA) is 64.0 Å². The summed E-state index contributed by atoms with van der Waals surface area (Å²) in [7, 11) is 0. The first kappa shape index (κ1) is 14.7. The average Bonchev–Trinajstić information content (AvgIpc) is 2.43. The van der Waals surface area contributed by atoms with E-state index in [9.17, 15) is 14.3 Å². The van der Waals surface area contributed by atoms with Gasteiger partial charge in [-0.05, 0) is 25.1 Å². The molecule has 2 rings (SSSR count). The Balaban J connectivity index is 1.91. The highest BCUT2D eigenvalue weighted by molar-refractivity contribution is 5.72. The summed E-state index contributed by atoms with van der Waals surface area (Å²) in [4.78, 5) is 14.9. The number of phenolic OH excluding ortho intramolecular Hbond substituents is 1. The van der Waals surface area contributed by atoms with E-state index in [1.165, 1.54) is 18.2 Å². The predicted molar refractivity (Wildman–Crippen MR) is 72.0 cm³/mol. The molecule has 0 aromatic heterocycles. The molecule has 1 fully saturated rings. The Hall–Kier alpha value is -1.66. The second-order valence-electron chi connectivity index (χ2n) is 5.10. The summed E-state index contributed by atoms with van der Waals surface area (Å²) in [6.07, 6.45) is 0. The third kappa shape index (κ3) is 3.46. The zero-order valence-electron chi connectivity index (χ0n) is 11.4. The summed E-state index contributed by atoms with van der Waals surface area (Å²) in [5.74, 6) is -1.09. The van der Waals surface area contributed by atoms with Gasteiger partial charge in [0.15, 0.2) is 0 Å². The monoisotopic (exact) mass is 282 g/mol. The van der Waals surface area contributed by atoms with Gasteiger partial charge < -0.3 is 10.2 Å². The number of rotatable bonds is 4. The summed E-state index contributed by atoms with van der Waals surface area (Å²) in [5.41, 5.74) is 0.560. The van der Waals surface area contributed by atoms with Crippen LogP contribution in [-0.2, 0) is 11.3 Å². The normalized spacial score (nSPS) is 18.9. The van der Waals surface area contributed by atoms with Crippen LogP contribution in [0.3, 0.4) is 0 Å². The van der Waals surface area contributed by atoms with E-state index >= 15 is 0 Å². The second kappa shape index (κ2) is 6.19. The number of benzene rings is 1. The Kier molecular flexibility index (Phi) is 4.57. The van der Waals surface area contributed by atoms with Crippen molar-refractivity contribution in [1.82, 2.24) is 9.80 Å². The molecule has 0 amide bonds. The van der Waals surface area contributed by atoms with E-state index in [-0.39, 0.29) is 11.6 Å². The lowest BCUT2D eigenvalue weighted by Crippen LogP contribution is -2.51. The molecule has 1 atom stereocenters. The molecule has 1 aliphatic heterocycles. The second-order valence-corrected chi connectivity index (χ2v) is 5.10. The molecule has 20 heavy (non-hydrogen) atoms. The van der Waals surface area contributed by atoms with E-state index in [4.69, 9.17) is 5.11 Å². The third-order valence-corrected chi connectivity index (χ3v) is 3.75. The molecule has 5 nitrogen and oxygen atoms in total. The Labute approximate surface area is 117 Å². The molecule has 1 unspecified atom stereocenters. The highest BCUT2D eigenvalue weighted by Crippen LogP contribution is 2.20. The largest absolute Gasteiger partial charge is 0.508 e. The van der Waals surface area contributed by atoms with Crippen molar-refractivity contribution < 1.29 is 19.4 Å². The van der Waals surface area contributed by atoms with Crippen molar-refractivity contribution in [3.05, 3.63) is 29.6 Å². The van der Waals surface area contributed by atoms with E-state index in [0.29, 0.717) is 38.3 Å². The number of piperazine rings is 1. The maximum Gasteiger partial charge on any atom is 0.320 e. The Bertz CT molecular complexity index is 487. The minimum absolute atomic E-state index is 0.0905. The molecule has 1 aliphatic rings. The summed E-state index contributed by atoms with van der Waals surface area (Å²) >= 11 is 0. The summed E-state index contributed by atoms with van der Waals surface area (Å²) < 4.78 is 13.2. The molecule has 1 saturated heterocycles. The number of aromatic hydroxyl groups is 1. The molecular weight excluding hydrogens is 263 g/mol. The Morgan fingerprint density at radius 2 is 2.00 bits per heavy atom. The molecule has 2 N–H and O–H groups in total. The highest BCUT2D eigenvalue weighted by Gasteiger charge is 2.25. The number of halogens is 1. The maximum atomic E-state index is 13.2. The van der Waals surface area contributed by atoms with Crippen molar-refractivity contribution in [1.29, 1.82) is 0 Å². The van der Waals surface area contributed by atoms with Crippen LogP contribution in [0.4, 0.5) is 4.39 Å². The quantitative estimate of drug-likeness (QED) is 0.866. The molecule has 1 heterocycles. The van der Waals surface area contributed by atoms with Crippen molar-refractivity contribution in [3.63, 3.8) is 0 Å². The Morgan fingerprint density at radius 3 is 2.60 bits per heavy atom. The number of phenols is 1. The van der Waals surface area contributed by atoms with Crippen molar-refractivity contribution in [3.8, 4) is 5.75 Å². The van der Waals surface area contributed by atoms with Gasteiger partial charge >= 0.3 is 5.97 Å². The van der Waals surface area contributed by atoms with Crippen LogP contribution < -0.4 is 0 Å². The van der Waals surface area contributed by atoms with Gasteiger partial charge in [-0.2, -0.15) is 0 Å². The van der Waals surface area contributed by atoms with Crippen LogP contribution in [0.15, 0.2) is 18.2 Å². The summed E-state index contributed by atoms with van der Waals surface area (Å²) in [6.45, 7) is 4.86. The molecule has 0 aliphatic carbocycles. The van der Waals surface area contributed by atoms with Crippen LogP contribution in [0.5, 0.6) is 5.75 Å². The minimum Gasteiger partial charge on any atom is -0.508 e. The number of aliphatic carboxylic acids is 1. The maximum absolute atomic E-state index is 13.2. The first-order valence-corrected chi connectivity index (χ1v) is 6.64. The van der Waals surface area contributed by atoms with Gasteiger partial charge in [0.05, 0.1) is 0 Å². The van der Waals surface area contributed by atoms with Crippen LogP contribution >= 0.6 is 0 Å². The van der Waals surface area contributed by atoms with E-state index in [2.05, 4.69) is 4.90 Å². The first-order chi connectivity index (χ1) is 9.47. The van der Waals surface area contributed by atoms with Gasteiger partial charge in [0.2, 0.25) is 0 Å². The van der Waals surface area contributed by atoms with Crippen LogP contribution in [-0.4, -0.2) is 58.2 Å². The highest BCUT2D eigenvalue weighted by atomic mass is 19.1. The molecule has 1 aromatic carbocycles. The van der Waals surface area contributed by atoms with Gasteiger partial charge in [0, 0.05) is 38.3 Å². The van der Waals surface area contributed by atoms with E-state index in [1.807, 2.05) is 4.90 Å². The molecule has 0 spiro atoms. The van der Waals surface area contributed by atoms with Crippen LogP contribution in [0.2, 0.25) is 0 Å².